The van der Waals surface area contributed by atoms with Crippen LogP contribution in [0.2, 0.25) is 0 Å². The van der Waals surface area contributed by atoms with Crippen molar-refractivity contribution in [1.29, 1.82) is 0 Å². The fraction of sp³-hybridized carbons (Fsp3) is 0.0588. The van der Waals surface area contributed by atoms with E-state index in [2.05, 4.69) is 266 Å². The molecule has 0 amide bonds. The molecule has 1 unspecified atom stereocenters. The monoisotopic (exact) mass is 920 g/mol. The molecule has 3 aromatic heterocycles. The number of para-hydroxylation sites is 2. The lowest BCUT2D eigenvalue weighted by atomic mass is 9.66. The molecular weight excluding hydrogens is 873 g/mol. The van der Waals surface area contributed by atoms with Gasteiger partial charge in [0.1, 0.15) is 0 Å². The highest BCUT2D eigenvalue weighted by Crippen LogP contribution is 2.46. The largest absolute Gasteiger partial charge is 0.309 e. The molecule has 14 rings (SSSR count). The van der Waals surface area contributed by atoms with Crippen LogP contribution in [0.3, 0.4) is 0 Å². The highest BCUT2D eigenvalue weighted by atomic mass is 15.0. The summed E-state index contributed by atoms with van der Waals surface area (Å²) in [4.78, 5) is 10.5. The Bertz CT molecular complexity index is 4210. The van der Waals surface area contributed by atoms with Gasteiger partial charge < -0.3 is 9.13 Å². The summed E-state index contributed by atoms with van der Waals surface area (Å²) in [6, 6.07) is 79.2. The topological polar surface area (TPSA) is 35.6 Å². The first-order valence-corrected chi connectivity index (χ1v) is 24.9. The zero-order chi connectivity index (χ0) is 47.9. The Kier molecular flexibility index (Phi) is 9.59. The number of fused-ring (bicyclic) bond motifs is 9. The van der Waals surface area contributed by atoms with Crippen LogP contribution >= 0.6 is 0 Å². The SMILES string of the molecule is CC1(C)c2cc(-c3cc(-c4ccc(-n5c6ccc(-c7ccccc7)cc6c6cc(-c7ccc8c(c7)c7ccccc7n8-c7ccccc7)ccc65)cc4)nc(-c4ccccc4)n3)ccc2C2=CC1C=CC=C2. The van der Waals surface area contributed by atoms with Crippen molar-refractivity contribution in [2.45, 2.75) is 19.3 Å². The van der Waals surface area contributed by atoms with E-state index in [0.717, 1.165) is 50.5 Å². The Labute approximate surface area is 418 Å². The molecule has 0 spiro atoms. The van der Waals surface area contributed by atoms with E-state index in [9.17, 15) is 0 Å². The summed E-state index contributed by atoms with van der Waals surface area (Å²) in [5, 5.41) is 4.91. The molecule has 0 radical (unpaired) electrons. The van der Waals surface area contributed by atoms with E-state index in [1.165, 1.54) is 71.5 Å². The average molecular weight is 921 g/mol. The van der Waals surface area contributed by atoms with Crippen molar-refractivity contribution in [1.82, 2.24) is 19.1 Å². The minimum absolute atomic E-state index is 0.0808. The zero-order valence-corrected chi connectivity index (χ0v) is 40.0. The van der Waals surface area contributed by atoms with E-state index in [4.69, 9.17) is 9.97 Å². The Hall–Kier alpha value is -9.12. The molecule has 2 aliphatic rings. The summed E-state index contributed by atoms with van der Waals surface area (Å²) in [6.45, 7) is 4.72. The van der Waals surface area contributed by atoms with Gasteiger partial charge in [-0.1, -0.05) is 184 Å². The van der Waals surface area contributed by atoms with Crippen molar-refractivity contribution >= 4 is 49.2 Å². The molecule has 1 atom stereocenters. The molecule has 0 saturated carbocycles. The van der Waals surface area contributed by atoms with E-state index in [-0.39, 0.29) is 5.41 Å². The molecule has 0 N–H and O–H groups in total. The van der Waals surface area contributed by atoms with Gasteiger partial charge in [-0.15, -0.1) is 0 Å². The predicted octanol–water partition coefficient (Wildman–Crippen LogP) is 17.4. The van der Waals surface area contributed by atoms with Gasteiger partial charge in [-0.2, -0.15) is 0 Å². The zero-order valence-electron chi connectivity index (χ0n) is 40.0. The van der Waals surface area contributed by atoms with Crippen LogP contribution in [0, 0.1) is 5.92 Å². The van der Waals surface area contributed by atoms with Crippen molar-refractivity contribution in [3.8, 4) is 67.5 Å². The summed E-state index contributed by atoms with van der Waals surface area (Å²) < 4.78 is 4.79. The fourth-order valence-corrected chi connectivity index (χ4v) is 11.5. The van der Waals surface area contributed by atoms with Crippen molar-refractivity contribution < 1.29 is 0 Å². The van der Waals surface area contributed by atoms with Crippen LogP contribution in [0.4, 0.5) is 0 Å². The molecular formula is C68H48N4. The maximum Gasteiger partial charge on any atom is 0.160 e. The number of hydrogen-bond acceptors (Lipinski definition) is 2. The second-order valence-electron chi connectivity index (χ2n) is 19.8. The third-order valence-corrected chi connectivity index (χ3v) is 15.3. The molecule has 4 heteroatoms. The van der Waals surface area contributed by atoms with Gasteiger partial charge in [-0.25, -0.2) is 9.97 Å². The number of benzene rings is 9. The van der Waals surface area contributed by atoms with Gasteiger partial charge in [0.2, 0.25) is 0 Å². The van der Waals surface area contributed by atoms with Crippen molar-refractivity contribution in [3.63, 3.8) is 0 Å². The highest BCUT2D eigenvalue weighted by Gasteiger charge is 2.35. The van der Waals surface area contributed by atoms with E-state index in [1.54, 1.807) is 0 Å². The second-order valence-corrected chi connectivity index (χ2v) is 19.8. The molecule has 12 aromatic rings. The van der Waals surface area contributed by atoms with E-state index in [0.29, 0.717) is 11.7 Å². The number of aromatic nitrogens is 4. The van der Waals surface area contributed by atoms with Crippen LogP contribution in [-0.2, 0) is 5.41 Å². The molecule has 2 aliphatic carbocycles. The summed E-state index contributed by atoms with van der Waals surface area (Å²) in [6.07, 6.45) is 11.3. The summed E-state index contributed by atoms with van der Waals surface area (Å²) in [7, 11) is 0. The lowest BCUT2D eigenvalue weighted by Crippen LogP contribution is -2.30. The molecule has 4 nitrogen and oxygen atoms in total. The quantitative estimate of drug-likeness (QED) is 0.160. The smallest absolute Gasteiger partial charge is 0.160 e. The lowest BCUT2D eigenvalue weighted by molar-refractivity contribution is 0.439. The molecule has 340 valence electrons. The summed E-state index contributed by atoms with van der Waals surface area (Å²) in [5.41, 5.74) is 20.4. The van der Waals surface area contributed by atoms with Crippen LogP contribution < -0.4 is 0 Å². The van der Waals surface area contributed by atoms with Gasteiger partial charge >= 0.3 is 0 Å². The predicted molar refractivity (Wildman–Crippen MR) is 301 cm³/mol. The molecule has 72 heavy (non-hydrogen) atoms. The van der Waals surface area contributed by atoms with Crippen molar-refractivity contribution in [2.75, 3.05) is 0 Å². The fourth-order valence-electron chi connectivity index (χ4n) is 11.5. The van der Waals surface area contributed by atoms with Gasteiger partial charge in [0.15, 0.2) is 5.82 Å². The van der Waals surface area contributed by atoms with Gasteiger partial charge in [-0.3, -0.25) is 0 Å². The molecule has 0 fully saturated rings. The molecule has 2 bridgehead atoms. The van der Waals surface area contributed by atoms with E-state index >= 15 is 0 Å². The molecule has 9 aromatic carbocycles. The third kappa shape index (κ3) is 6.82. The Balaban J connectivity index is 0.890. The van der Waals surface area contributed by atoms with Crippen LogP contribution in [0.25, 0.3) is 117 Å². The number of rotatable bonds is 7. The summed E-state index contributed by atoms with van der Waals surface area (Å²) in [5.74, 6) is 1.02. The number of hydrogen-bond donors (Lipinski definition) is 0. The molecule has 3 heterocycles. The molecule has 0 saturated heterocycles. The minimum atomic E-state index is -0.0808. The molecule has 0 aliphatic heterocycles. The van der Waals surface area contributed by atoms with Gasteiger partial charge in [0, 0.05) is 60.9 Å². The van der Waals surface area contributed by atoms with Crippen LogP contribution in [0.15, 0.2) is 249 Å². The van der Waals surface area contributed by atoms with E-state index in [1.807, 2.05) is 6.07 Å². The maximum absolute atomic E-state index is 5.25. The highest BCUT2D eigenvalue weighted by molar-refractivity contribution is 6.13. The van der Waals surface area contributed by atoms with Gasteiger partial charge in [0.05, 0.1) is 33.5 Å². The lowest BCUT2D eigenvalue weighted by Gasteiger charge is -2.37. The second kappa shape index (κ2) is 16.5. The standard InChI is InChI=1S/C68H48N4/c1-68(2)52-21-13-12-20-50(38-52)55-34-28-51(42-60(55)68)62-43-61(69-67(70-62)46-18-8-4-9-19-46)45-26-32-54(33-27-45)72-65-35-29-47(44-16-6-3-7-17-44)39-58(65)59-41-49(31-37-66(59)72)48-30-36-64-57(40-48)56-24-14-15-25-63(56)71(64)53-22-10-5-11-23-53/h3-43,52H,1-2H3. The Morgan fingerprint density at radius 3 is 1.54 bits per heavy atom. The number of allylic oxidation sites excluding steroid dienone is 6. The minimum Gasteiger partial charge on any atom is -0.309 e. The van der Waals surface area contributed by atoms with Crippen LogP contribution in [0.5, 0.6) is 0 Å². The van der Waals surface area contributed by atoms with Crippen molar-refractivity contribution in [2.24, 2.45) is 5.92 Å². The normalized spacial score (nSPS) is 14.8. The van der Waals surface area contributed by atoms with Crippen LogP contribution in [-0.4, -0.2) is 19.1 Å². The van der Waals surface area contributed by atoms with Crippen LogP contribution in [0.1, 0.15) is 25.0 Å². The number of nitrogens with zero attached hydrogens (tertiary/aromatic N) is 4. The van der Waals surface area contributed by atoms with Gasteiger partial charge in [-0.05, 0) is 118 Å². The third-order valence-electron chi connectivity index (χ3n) is 15.3. The van der Waals surface area contributed by atoms with E-state index < -0.39 is 0 Å². The average Bonchev–Trinajstić information content (AvgIpc) is 3.83. The first-order valence-electron chi connectivity index (χ1n) is 24.9. The first-order chi connectivity index (χ1) is 35.4. The first kappa shape index (κ1) is 41.8. The maximum atomic E-state index is 5.25. The Morgan fingerprint density at radius 1 is 0.389 bits per heavy atom. The Morgan fingerprint density at radius 2 is 0.889 bits per heavy atom. The van der Waals surface area contributed by atoms with Crippen molar-refractivity contribution in [3.05, 3.63) is 260 Å². The summed E-state index contributed by atoms with van der Waals surface area (Å²) >= 11 is 0. The van der Waals surface area contributed by atoms with Gasteiger partial charge in [0.25, 0.3) is 0 Å².